The lowest BCUT2D eigenvalue weighted by Crippen LogP contribution is -2.46. The number of nitrogens with zero attached hydrogens (tertiary/aromatic N) is 4. The number of carbonyl (C=O) groups is 1. The third kappa shape index (κ3) is 8.23. The number of sulfonamides is 1. The van der Waals surface area contributed by atoms with Crippen LogP contribution in [0.5, 0.6) is 0 Å². The average molecular weight is 740 g/mol. The largest absolute Gasteiger partial charge is 0.416 e. The van der Waals surface area contributed by atoms with Gasteiger partial charge < -0.3 is 10.2 Å². The highest BCUT2D eigenvalue weighted by molar-refractivity contribution is 7.91. The van der Waals surface area contributed by atoms with Crippen LogP contribution in [-0.2, 0) is 34.1 Å². The van der Waals surface area contributed by atoms with Crippen LogP contribution in [0, 0.1) is 0 Å². The number of alkyl halides is 5. The van der Waals surface area contributed by atoms with E-state index in [2.05, 4.69) is 22.3 Å². The molecule has 0 radical (unpaired) electrons. The number of hydrogen-bond acceptors (Lipinski definition) is 7. The third-order valence-corrected chi connectivity index (χ3v) is 12.0. The molecule has 2 aromatic heterocycles. The summed E-state index contributed by atoms with van der Waals surface area (Å²) in [4.78, 5) is 22.4. The van der Waals surface area contributed by atoms with Crippen molar-refractivity contribution in [1.82, 2.24) is 19.5 Å². The number of anilines is 1. The first-order valence-corrected chi connectivity index (χ1v) is 17.9. The number of benzene rings is 2. The summed E-state index contributed by atoms with van der Waals surface area (Å²) in [6.07, 6.45) is -5.51. The fourth-order valence-electron chi connectivity index (χ4n) is 5.91. The summed E-state index contributed by atoms with van der Waals surface area (Å²) in [7, 11) is -4.44. The van der Waals surface area contributed by atoms with E-state index in [1.54, 1.807) is 12.1 Å². The zero-order valence-corrected chi connectivity index (χ0v) is 28.2. The second-order valence-electron chi connectivity index (χ2n) is 11.9. The van der Waals surface area contributed by atoms with E-state index in [1.807, 2.05) is 23.1 Å². The molecule has 4 aromatic rings. The smallest absolute Gasteiger partial charge is 0.354 e. The molecule has 1 atom stereocenters. The minimum Gasteiger partial charge on any atom is -0.354 e. The Morgan fingerprint density at radius 3 is 2.29 bits per heavy atom. The van der Waals surface area contributed by atoms with Gasteiger partial charge in [-0.1, -0.05) is 54.1 Å². The van der Waals surface area contributed by atoms with Gasteiger partial charge in [0.15, 0.2) is 0 Å². The molecule has 4 heterocycles. The Balaban J connectivity index is 1.23. The minimum absolute atomic E-state index is 0.153. The van der Waals surface area contributed by atoms with Gasteiger partial charge >= 0.3 is 6.18 Å². The van der Waals surface area contributed by atoms with Gasteiger partial charge in [-0.15, -0.1) is 11.3 Å². The first kappa shape index (κ1) is 35.2. The van der Waals surface area contributed by atoms with Crippen LogP contribution in [0.25, 0.3) is 11.3 Å². The number of halogens is 6. The fraction of sp³-hybridized carbons (Fsp3) is 0.333. The van der Waals surface area contributed by atoms with Crippen LogP contribution in [0.15, 0.2) is 83.1 Å². The lowest BCUT2D eigenvalue weighted by molar-refractivity contribution is -0.137. The van der Waals surface area contributed by atoms with Crippen molar-refractivity contribution in [2.45, 2.75) is 41.9 Å². The number of carbonyl (C=O) groups excluding carboxylic acids is 1. The summed E-state index contributed by atoms with van der Waals surface area (Å²) in [5.74, 6) is -3.81. The van der Waals surface area contributed by atoms with Gasteiger partial charge in [-0.25, -0.2) is 22.2 Å². The molecule has 6 rings (SSSR count). The predicted octanol–water partition coefficient (Wildman–Crippen LogP) is 6.52. The molecule has 0 spiro atoms. The van der Waals surface area contributed by atoms with Crippen LogP contribution >= 0.6 is 22.9 Å². The van der Waals surface area contributed by atoms with Gasteiger partial charge in [0.05, 0.1) is 22.1 Å². The lowest BCUT2D eigenvalue weighted by atomic mass is 10.1. The molecule has 260 valence electrons. The van der Waals surface area contributed by atoms with Crippen LogP contribution in [0.4, 0.5) is 27.8 Å². The highest BCUT2D eigenvalue weighted by Gasteiger charge is 2.53. The van der Waals surface area contributed by atoms with Crippen molar-refractivity contribution in [3.05, 3.63) is 99.9 Å². The third-order valence-electron chi connectivity index (χ3n) is 8.43. The fourth-order valence-corrected chi connectivity index (χ4v) is 9.14. The Bertz CT molecular complexity index is 1900. The molecule has 0 bridgehead atoms. The van der Waals surface area contributed by atoms with Crippen molar-refractivity contribution < 1.29 is 35.2 Å². The quantitative estimate of drug-likeness (QED) is 0.197. The second kappa shape index (κ2) is 13.9. The molecule has 8 nitrogen and oxygen atoms in total. The number of thiophene rings is 1. The number of hydrogen-bond donors (Lipinski definition) is 1. The zero-order chi connectivity index (χ0) is 35.0. The normalized spacial score (nSPS) is 18.9. The Labute approximate surface area is 289 Å². The van der Waals surface area contributed by atoms with E-state index in [0.717, 1.165) is 31.8 Å². The summed E-state index contributed by atoms with van der Waals surface area (Å²) in [5.41, 5.74) is 1.64. The van der Waals surface area contributed by atoms with E-state index in [9.17, 15) is 35.2 Å². The van der Waals surface area contributed by atoms with E-state index < -0.39 is 52.6 Å². The summed E-state index contributed by atoms with van der Waals surface area (Å²) < 4.78 is 95.8. The Morgan fingerprint density at radius 2 is 1.65 bits per heavy atom. The number of nitrogens with one attached hydrogen (secondary N) is 1. The Hall–Kier alpha value is -3.63. The van der Waals surface area contributed by atoms with E-state index in [1.165, 1.54) is 29.8 Å². The van der Waals surface area contributed by atoms with Gasteiger partial charge in [0.2, 0.25) is 5.91 Å². The Kier molecular flexibility index (Phi) is 10.0. The van der Waals surface area contributed by atoms with Crippen molar-refractivity contribution in [3.63, 3.8) is 0 Å². The number of pyridine rings is 1. The van der Waals surface area contributed by atoms with Crippen LogP contribution in [0.1, 0.15) is 23.1 Å². The predicted molar refractivity (Wildman–Crippen MR) is 177 cm³/mol. The van der Waals surface area contributed by atoms with Gasteiger partial charge in [0.25, 0.3) is 15.9 Å². The molecule has 0 saturated carbocycles. The lowest BCUT2D eigenvalue weighted by Gasteiger charge is -2.35. The highest BCUT2D eigenvalue weighted by Crippen LogP contribution is 2.38. The maximum Gasteiger partial charge on any atom is 0.416 e. The first-order chi connectivity index (χ1) is 23.2. The molecule has 2 saturated heterocycles. The maximum atomic E-state index is 14.6. The van der Waals surface area contributed by atoms with Gasteiger partial charge in [0, 0.05) is 51.3 Å². The van der Waals surface area contributed by atoms with Crippen molar-refractivity contribution in [3.8, 4) is 11.3 Å². The van der Waals surface area contributed by atoms with Crippen molar-refractivity contribution in [2.75, 3.05) is 37.6 Å². The van der Waals surface area contributed by atoms with E-state index in [0.29, 0.717) is 51.4 Å². The molecule has 16 heteroatoms. The number of aromatic nitrogens is 1. The maximum absolute atomic E-state index is 14.6. The molecule has 1 unspecified atom stereocenters. The zero-order valence-electron chi connectivity index (χ0n) is 25.8. The molecular weight excluding hydrogens is 709 g/mol. The van der Waals surface area contributed by atoms with Crippen LogP contribution in [-0.4, -0.2) is 73.2 Å². The average Bonchev–Trinajstić information content (AvgIpc) is 3.67. The molecule has 2 aliphatic rings. The van der Waals surface area contributed by atoms with Gasteiger partial charge in [-0.3, -0.25) is 9.69 Å². The monoisotopic (exact) mass is 739 g/mol. The summed E-state index contributed by atoms with van der Waals surface area (Å²) in [5, 5.41) is 2.61. The number of rotatable bonds is 9. The first-order valence-electron chi connectivity index (χ1n) is 15.3. The molecule has 1 N–H and O–H groups in total. The minimum atomic E-state index is -4.52. The Morgan fingerprint density at radius 1 is 0.959 bits per heavy atom. The van der Waals surface area contributed by atoms with Crippen LogP contribution in [0.2, 0.25) is 4.34 Å². The summed E-state index contributed by atoms with van der Waals surface area (Å²) in [6.45, 7) is 2.12. The van der Waals surface area contributed by atoms with E-state index in [-0.39, 0.29) is 15.1 Å². The van der Waals surface area contributed by atoms with Gasteiger partial charge in [0.1, 0.15) is 16.1 Å². The van der Waals surface area contributed by atoms with Gasteiger partial charge in [-0.05, 0) is 47.5 Å². The summed E-state index contributed by atoms with van der Waals surface area (Å²) in [6, 6.07) is 18.8. The number of piperazine rings is 1. The second-order valence-corrected chi connectivity index (χ2v) is 15.8. The van der Waals surface area contributed by atoms with Crippen LogP contribution in [0.3, 0.4) is 0 Å². The SMILES string of the molecule is O=C(NCc1cc(-c2ccc(C(F)(F)F)cc2)nc(N2CCN(Cc3ccccc3)CC2)c1)C1CC(F)(F)CN1S(=O)(=O)c1ccc(Cl)s1. The molecular formula is C33H31ClF5N5O3S2. The number of amides is 1. The van der Waals surface area contributed by atoms with Crippen molar-refractivity contribution in [2.24, 2.45) is 0 Å². The van der Waals surface area contributed by atoms with Crippen molar-refractivity contribution >= 4 is 44.7 Å². The molecule has 2 aliphatic heterocycles. The van der Waals surface area contributed by atoms with Crippen LogP contribution < -0.4 is 10.2 Å². The molecule has 1 amide bonds. The van der Waals surface area contributed by atoms with Gasteiger partial charge in [-0.2, -0.15) is 17.5 Å². The molecule has 0 aliphatic carbocycles. The van der Waals surface area contributed by atoms with E-state index in [4.69, 9.17) is 16.6 Å². The summed E-state index contributed by atoms with van der Waals surface area (Å²) >= 11 is 6.59. The standard InChI is InChI=1S/C33H31ClF5N5O3S2/c34-28-10-11-30(48-28)49(46,47)44-21-32(35,36)18-27(44)31(45)40-19-23-16-26(24-6-8-25(9-7-24)33(37,38)39)41-29(17-23)43-14-12-42(13-15-43)20-22-4-2-1-3-5-22/h1-11,16-17,27H,12-15,18-21H2,(H,40,45). The topological polar surface area (TPSA) is 85.8 Å². The molecule has 49 heavy (non-hydrogen) atoms. The van der Waals surface area contributed by atoms with E-state index >= 15 is 0 Å². The molecule has 2 fully saturated rings. The highest BCUT2D eigenvalue weighted by atomic mass is 35.5. The van der Waals surface area contributed by atoms with Crippen molar-refractivity contribution in [1.29, 1.82) is 0 Å². The molecule has 2 aromatic carbocycles.